The molecule has 0 aliphatic rings. The summed E-state index contributed by atoms with van der Waals surface area (Å²) in [6.07, 6.45) is -1.24. The molecule has 70 valence electrons. The average Bonchev–Trinajstić information content (AvgIpc) is 2.15. The number of methoxy groups -OCH3 is 1. The van der Waals surface area contributed by atoms with Gasteiger partial charge in [-0.05, 0) is 24.3 Å². The molecule has 13 heavy (non-hydrogen) atoms. The first-order valence-electron chi connectivity index (χ1n) is 3.52. The van der Waals surface area contributed by atoms with Gasteiger partial charge in [-0.3, -0.25) is 0 Å². The second-order valence-electron chi connectivity index (χ2n) is 2.18. The minimum atomic E-state index is -1.24. The summed E-state index contributed by atoms with van der Waals surface area (Å²) < 4.78 is 4.90. The van der Waals surface area contributed by atoms with Gasteiger partial charge in [0.1, 0.15) is 5.75 Å². The molecule has 0 spiro atoms. The highest BCUT2D eigenvalue weighted by molar-refractivity contribution is 5.63. The van der Waals surface area contributed by atoms with Crippen LogP contribution in [0, 0.1) is 0 Å². The van der Waals surface area contributed by atoms with Crippen LogP contribution in [0.1, 0.15) is 0 Å². The molecule has 2 N–H and O–H groups in total. The van der Waals surface area contributed by atoms with Gasteiger partial charge in [-0.1, -0.05) is 0 Å². The highest BCUT2D eigenvalue weighted by Gasteiger charge is 1.97. The Morgan fingerprint density at radius 1 is 1.31 bits per heavy atom. The van der Waals surface area contributed by atoms with Crippen LogP contribution in [0.5, 0.6) is 11.5 Å². The van der Waals surface area contributed by atoms with E-state index in [0.29, 0.717) is 11.5 Å². The van der Waals surface area contributed by atoms with Gasteiger partial charge in [0.15, 0.2) is 5.75 Å². The van der Waals surface area contributed by atoms with E-state index in [2.05, 4.69) is 4.84 Å². The predicted molar refractivity (Wildman–Crippen MR) is 44.8 cm³/mol. The van der Waals surface area contributed by atoms with Crippen LogP contribution < -0.4 is 15.1 Å². The molecule has 0 aliphatic carbocycles. The van der Waals surface area contributed by atoms with Crippen molar-refractivity contribution < 1.29 is 19.5 Å². The molecule has 1 aromatic carbocycles. The van der Waals surface area contributed by atoms with Crippen molar-refractivity contribution in [2.45, 2.75) is 0 Å². The van der Waals surface area contributed by atoms with Crippen LogP contribution in [-0.2, 0) is 0 Å². The minimum absolute atomic E-state index is 0.406. The van der Waals surface area contributed by atoms with E-state index in [9.17, 15) is 4.79 Å². The Morgan fingerprint density at radius 2 is 1.85 bits per heavy atom. The smallest absolute Gasteiger partial charge is 0.438 e. The monoisotopic (exact) mass is 183 g/mol. The Morgan fingerprint density at radius 3 is 2.31 bits per heavy atom. The van der Waals surface area contributed by atoms with E-state index < -0.39 is 6.09 Å². The van der Waals surface area contributed by atoms with Gasteiger partial charge >= 0.3 is 6.09 Å². The zero-order valence-corrected chi connectivity index (χ0v) is 6.98. The molecule has 0 unspecified atom stereocenters. The van der Waals surface area contributed by atoms with Crippen LogP contribution in [0.25, 0.3) is 0 Å². The third kappa shape index (κ3) is 2.90. The first-order chi connectivity index (χ1) is 6.22. The maximum absolute atomic E-state index is 10.0. The van der Waals surface area contributed by atoms with Crippen LogP contribution in [0.3, 0.4) is 0 Å². The van der Waals surface area contributed by atoms with E-state index in [4.69, 9.17) is 9.84 Å². The normalized spacial score (nSPS) is 9.00. The lowest BCUT2D eigenvalue weighted by atomic mass is 10.3. The molecule has 1 aromatic rings. The van der Waals surface area contributed by atoms with Crippen LogP contribution >= 0.6 is 0 Å². The molecule has 1 amide bonds. The number of amides is 1. The predicted octanol–water partition coefficient (Wildman–Crippen LogP) is 1.26. The van der Waals surface area contributed by atoms with Crippen molar-refractivity contribution in [3.8, 4) is 11.5 Å². The lowest BCUT2D eigenvalue weighted by Gasteiger charge is -2.04. The number of carboxylic acid groups (broad SMARTS) is 1. The summed E-state index contributed by atoms with van der Waals surface area (Å²) >= 11 is 0. The van der Waals surface area contributed by atoms with Crippen molar-refractivity contribution in [1.29, 1.82) is 0 Å². The lowest BCUT2D eigenvalue weighted by Crippen LogP contribution is -2.24. The minimum Gasteiger partial charge on any atom is -0.497 e. The highest BCUT2D eigenvalue weighted by Crippen LogP contribution is 2.15. The summed E-state index contributed by atoms with van der Waals surface area (Å²) in [6.45, 7) is 0. The van der Waals surface area contributed by atoms with Crippen molar-refractivity contribution in [2.24, 2.45) is 0 Å². The Hall–Kier alpha value is -1.91. The van der Waals surface area contributed by atoms with Gasteiger partial charge in [0.25, 0.3) is 0 Å². The number of benzene rings is 1. The number of carbonyl (C=O) groups is 1. The van der Waals surface area contributed by atoms with E-state index in [-0.39, 0.29) is 0 Å². The number of rotatable bonds is 3. The Balaban J connectivity index is 2.54. The number of nitrogens with one attached hydrogen (secondary N) is 1. The van der Waals surface area contributed by atoms with Gasteiger partial charge in [0.05, 0.1) is 7.11 Å². The lowest BCUT2D eigenvalue weighted by molar-refractivity contribution is 0.136. The molecular formula is C8H9NO4. The Bertz CT molecular complexity index is 283. The molecule has 5 nitrogen and oxygen atoms in total. The fraction of sp³-hybridized carbons (Fsp3) is 0.125. The van der Waals surface area contributed by atoms with E-state index in [0.717, 1.165) is 0 Å². The van der Waals surface area contributed by atoms with Crippen molar-refractivity contribution in [2.75, 3.05) is 7.11 Å². The topological polar surface area (TPSA) is 67.8 Å². The van der Waals surface area contributed by atoms with Gasteiger partial charge in [0, 0.05) is 0 Å². The molecule has 1 rings (SSSR count). The third-order valence-electron chi connectivity index (χ3n) is 1.32. The molecule has 0 heterocycles. The van der Waals surface area contributed by atoms with Crippen LogP contribution in [0.2, 0.25) is 0 Å². The summed E-state index contributed by atoms with van der Waals surface area (Å²) in [5.41, 5.74) is 1.78. The second-order valence-corrected chi connectivity index (χ2v) is 2.18. The molecule has 0 aromatic heterocycles. The van der Waals surface area contributed by atoms with Gasteiger partial charge in [-0.2, -0.15) is 5.48 Å². The second kappa shape index (κ2) is 4.20. The molecule has 0 atom stereocenters. The van der Waals surface area contributed by atoms with Gasteiger partial charge in [-0.25, -0.2) is 4.79 Å². The maximum Gasteiger partial charge on any atom is 0.438 e. The van der Waals surface area contributed by atoms with Crippen molar-refractivity contribution in [3.05, 3.63) is 24.3 Å². The van der Waals surface area contributed by atoms with Crippen molar-refractivity contribution in [1.82, 2.24) is 5.48 Å². The standard InChI is InChI=1S/C8H9NO4/c1-12-6-2-4-7(5-3-6)13-9-8(10)11/h2-5,9H,1H3,(H,10,11). The summed E-state index contributed by atoms with van der Waals surface area (Å²) in [7, 11) is 1.55. The molecule has 5 heteroatoms. The molecule has 0 bridgehead atoms. The van der Waals surface area contributed by atoms with E-state index >= 15 is 0 Å². The zero-order valence-electron chi connectivity index (χ0n) is 6.98. The summed E-state index contributed by atoms with van der Waals surface area (Å²) in [5.74, 6) is 1.09. The Kier molecular flexibility index (Phi) is 2.97. The molecule has 0 radical (unpaired) electrons. The summed E-state index contributed by atoms with van der Waals surface area (Å²) in [5, 5.41) is 8.21. The molecule has 0 saturated carbocycles. The fourth-order valence-corrected chi connectivity index (χ4v) is 0.746. The average molecular weight is 183 g/mol. The maximum atomic E-state index is 10.0. The van der Waals surface area contributed by atoms with Crippen LogP contribution in [0.15, 0.2) is 24.3 Å². The molecule has 0 fully saturated rings. The van der Waals surface area contributed by atoms with Crippen molar-refractivity contribution >= 4 is 6.09 Å². The van der Waals surface area contributed by atoms with Crippen molar-refractivity contribution in [3.63, 3.8) is 0 Å². The number of ether oxygens (including phenoxy) is 1. The van der Waals surface area contributed by atoms with Gasteiger partial charge in [-0.15, -0.1) is 0 Å². The van der Waals surface area contributed by atoms with E-state index in [1.807, 2.05) is 0 Å². The van der Waals surface area contributed by atoms with E-state index in [1.165, 1.54) is 0 Å². The summed E-state index contributed by atoms with van der Waals surface area (Å²) in [4.78, 5) is 14.7. The Labute approximate surface area is 74.8 Å². The first kappa shape index (κ1) is 9.18. The van der Waals surface area contributed by atoms with E-state index in [1.54, 1.807) is 36.9 Å². The third-order valence-corrected chi connectivity index (χ3v) is 1.32. The number of hydrogen-bond acceptors (Lipinski definition) is 3. The molecule has 0 saturated heterocycles. The highest BCUT2D eigenvalue weighted by atomic mass is 16.7. The zero-order chi connectivity index (χ0) is 9.68. The molecular weight excluding hydrogens is 174 g/mol. The summed E-state index contributed by atoms with van der Waals surface area (Å²) in [6, 6.07) is 6.52. The SMILES string of the molecule is COc1ccc(ONC(=O)O)cc1. The fourth-order valence-electron chi connectivity index (χ4n) is 0.746. The first-order valence-corrected chi connectivity index (χ1v) is 3.52. The van der Waals surface area contributed by atoms with Crippen LogP contribution in [-0.4, -0.2) is 18.3 Å². The quantitative estimate of drug-likeness (QED) is 0.692. The number of hydroxylamine groups is 1. The van der Waals surface area contributed by atoms with Gasteiger partial charge < -0.3 is 14.7 Å². The van der Waals surface area contributed by atoms with Crippen LogP contribution in [0.4, 0.5) is 4.79 Å². The molecule has 0 aliphatic heterocycles. The largest absolute Gasteiger partial charge is 0.497 e. The van der Waals surface area contributed by atoms with Gasteiger partial charge in [0.2, 0.25) is 0 Å². The number of hydrogen-bond donors (Lipinski definition) is 2.